The second-order valence-electron chi connectivity index (χ2n) is 10.2. The summed E-state index contributed by atoms with van der Waals surface area (Å²) >= 11 is 6.34. The van der Waals surface area contributed by atoms with Gasteiger partial charge in [0, 0.05) is 19.7 Å². The van der Waals surface area contributed by atoms with Crippen LogP contribution in [0.15, 0.2) is 43.2 Å². The highest BCUT2D eigenvalue weighted by Gasteiger charge is 2.45. The Bertz CT molecular complexity index is 1420. The lowest BCUT2D eigenvalue weighted by atomic mass is 10.0. The maximum Gasteiger partial charge on any atom is 0.246 e. The van der Waals surface area contributed by atoms with Crippen LogP contribution < -0.4 is 15.0 Å². The van der Waals surface area contributed by atoms with Crippen LogP contribution in [0, 0.1) is 5.82 Å². The van der Waals surface area contributed by atoms with Gasteiger partial charge in [-0.25, -0.2) is 19.3 Å². The van der Waals surface area contributed by atoms with Crippen LogP contribution in [0.2, 0.25) is 5.02 Å². The second-order valence-corrected chi connectivity index (χ2v) is 10.6. The molecule has 0 unspecified atom stereocenters. The summed E-state index contributed by atoms with van der Waals surface area (Å²) in [6.07, 6.45) is 5.51. The molecule has 9 nitrogen and oxygen atoms in total. The zero-order valence-electron chi connectivity index (χ0n) is 21.0. The van der Waals surface area contributed by atoms with E-state index in [0.29, 0.717) is 43.2 Å². The smallest absolute Gasteiger partial charge is 0.246 e. The van der Waals surface area contributed by atoms with Crippen molar-refractivity contribution in [1.29, 1.82) is 0 Å². The number of rotatable bonds is 7. The summed E-state index contributed by atoms with van der Waals surface area (Å²) in [6.45, 7) is 7.89. The first-order valence-electron chi connectivity index (χ1n) is 12.7. The topological polar surface area (TPSA) is 92.7 Å². The molecule has 198 valence electrons. The number of carbonyl (C=O) groups is 1. The average Bonchev–Trinajstić information content (AvgIpc) is 3.67. The summed E-state index contributed by atoms with van der Waals surface area (Å²) < 4.78 is 26.8. The van der Waals surface area contributed by atoms with E-state index in [0.717, 1.165) is 25.1 Å². The van der Waals surface area contributed by atoms with Crippen molar-refractivity contribution in [3.05, 3.63) is 54.1 Å². The van der Waals surface area contributed by atoms with Crippen LogP contribution in [0.25, 0.3) is 11.0 Å². The van der Waals surface area contributed by atoms with E-state index in [1.54, 1.807) is 12.1 Å². The van der Waals surface area contributed by atoms with Crippen LogP contribution in [0.5, 0.6) is 5.75 Å². The molecular weight excluding hydrogens is 511 g/mol. The summed E-state index contributed by atoms with van der Waals surface area (Å²) in [5.41, 5.74) is 0.884. The SMILES string of the molecule is C=CC(=O)N1C[C@@H]2C[C@H]1CN2c1ccc2ncnc(Nc3ccc(OC[C@@]4(C)CCCO4)c(Cl)c3F)c2n1. The van der Waals surface area contributed by atoms with Crippen LogP contribution in [-0.2, 0) is 9.53 Å². The molecular formula is C27H28ClFN6O3. The third-order valence-electron chi connectivity index (χ3n) is 7.59. The predicted octanol–water partition coefficient (Wildman–Crippen LogP) is 4.48. The Balaban J connectivity index is 1.23. The lowest BCUT2D eigenvalue weighted by Crippen LogP contribution is -2.48. The van der Waals surface area contributed by atoms with Crippen molar-refractivity contribution in [3.63, 3.8) is 0 Å². The zero-order chi connectivity index (χ0) is 26.4. The number of pyridine rings is 1. The summed E-state index contributed by atoms with van der Waals surface area (Å²) in [7, 11) is 0. The van der Waals surface area contributed by atoms with Gasteiger partial charge in [-0.1, -0.05) is 18.2 Å². The fraction of sp³-hybridized carbons (Fsp3) is 0.407. The van der Waals surface area contributed by atoms with Gasteiger partial charge in [-0.3, -0.25) is 4.79 Å². The Morgan fingerprint density at radius 3 is 2.92 bits per heavy atom. The monoisotopic (exact) mass is 538 g/mol. The van der Waals surface area contributed by atoms with Gasteiger partial charge in [-0.05, 0) is 56.5 Å². The number of nitrogens with zero attached hydrogens (tertiary/aromatic N) is 5. The van der Waals surface area contributed by atoms with Crippen molar-refractivity contribution >= 4 is 45.9 Å². The number of benzene rings is 1. The summed E-state index contributed by atoms with van der Waals surface area (Å²) in [6, 6.07) is 7.29. The molecule has 3 fully saturated rings. The number of fused-ring (bicyclic) bond motifs is 3. The number of hydrogen-bond acceptors (Lipinski definition) is 8. The van der Waals surface area contributed by atoms with E-state index >= 15 is 4.39 Å². The van der Waals surface area contributed by atoms with E-state index in [9.17, 15) is 4.79 Å². The van der Waals surface area contributed by atoms with Crippen molar-refractivity contribution in [2.45, 2.75) is 43.9 Å². The van der Waals surface area contributed by atoms with Gasteiger partial charge in [-0.2, -0.15) is 0 Å². The first-order chi connectivity index (χ1) is 18.3. The molecule has 11 heteroatoms. The van der Waals surface area contributed by atoms with E-state index in [1.807, 2.05) is 24.0 Å². The average molecular weight is 539 g/mol. The van der Waals surface area contributed by atoms with E-state index in [4.69, 9.17) is 26.1 Å². The molecule has 2 bridgehead atoms. The minimum Gasteiger partial charge on any atom is -0.489 e. The molecule has 2 aromatic heterocycles. The van der Waals surface area contributed by atoms with E-state index in [1.165, 1.54) is 12.4 Å². The number of hydrogen-bond donors (Lipinski definition) is 1. The quantitative estimate of drug-likeness (QED) is 0.440. The number of amides is 1. The molecule has 1 aromatic carbocycles. The van der Waals surface area contributed by atoms with Gasteiger partial charge < -0.3 is 24.6 Å². The number of aromatic nitrogens is 3. The minimum absolute atomic E-state index is 0.0401. The van der Waals surface area contributed by atoms with Crippen molar-refractivity contribution in [2.24, 2.45) is 0 Å². The minimum atomic E-state index is -0.645. The number of carbonyl (C=O) groups excluding carboxylic acids is 1. The van der Waals surface area contributed by atoms with Crippen LogP contribution in [-0.4, -0.2) is 69.7 Å². The lowest BCUT2D eigenvalue weighted by molar-refractivity contribution is -0.127. The number of piperazine rings is 1. The fourth-order valence-corrected chi connectivity index (χ4v) is 5.78. The highest BCUT2D eigenvalue weighted by atomic mass is 35.5. The number of nitrogens with one attached hydrogen (secondary N) is 1. The number of ether oxygens (including phenoxy) is 2. The van der Waals surface area contributed by atoms with Gasteiger partial charge in [0.25, 0.3) is 0 Å². The Kier molecular flexibility index (Phi) is 6.31. The van der Waals surface area contributed by atoms with Crippen molar-refractivity contribution in [2.75, 3.05) is 36.5 Å². The second kappa shape index (κ2) is 9.67. The van der Waals surface area contributed by atoms with Gasteiger partial charge in [0.1, 0.15) is 35.0 Å². The number of likely N-dealkylation sites (tertiary alicyclic amines) is 1. The molecule has 5 heterocycles. The van der Waals surface area contributed by atoms with Crippen molar-refractivity contribution in [1.82, 2.24) is 19.9 Å². The van der Waals surface area contributed by atoms with Gasteiger partial charge in [0.15, 0.2) is 11.6 Å². The van der Waals surface area contributed by atoms with Gasteiger partial charge >= 0.3 is 0 Å². The summed E-state index contributed by atoms with van der Waals surface area (Å²) in [5.74, 6) is 0.696. The third-order valence-corrected chi connectivity index (χ3v) is 7.95. The molecule has 0 radical (unpaired) electrons. The van der Waals surface area contributed by atoms with Crippen LogP contribution >= 0.6 is 11.6 Å². The third kappa shape index (κ3) is 4.41. The molecule has 3 aliphatic rings. The van der Waals surface area contributed by atoms with E-state index in [2.05, 4.69) is 26.8 Å². The van der Waals surface area contributed by atoms with E-state index in [-0.39, 0.29) is 34.5 Å². The largest absolute Gasteiger partial charge is 0.489 e. The zero-order valence-corrected chi connectivity index (χ0v) is 21.7. The molecule has 1 N–H and O–H groups in total. The molecule has 0 aliphatic carbocycles. The summed E-state index contributed by atoms with van der Waals surface area (Å²) in [5, 5.41) is 2.92. The molecule has 1 amide bonds. The standard InChI is InChI=1S/C27H28ClFN6O3/c1-3-22(36)35-13-16-11-17(35)12-34(16)21-8-6-19-25(33-21)26(31-15-30-19)32-18-5-7-20(23(28)24(18)29)37-14-27(2)9-4-10-38-27/h3,5-8,15-17H,1,4,9-14H2,2H3,(H,30,31,32)/t16-,17-,27+/m0/s1. The number of anilines is 3. The number of halogens is 2. The van der Waals surface area contributed by atoms with Gasteiger partial charge in [-0.15, -0.1) is 0 Å². The fourth-order valence-electron chi connectivity index (χ4n) is 5.56. The normalized spacial score (nSPS) is 24.3. The van der Waals surface area contributed by atoms with Gasteiger partial charge in [0.2, 0.25) is 5.91 Å². The first-order valence-corrected chi connectivity index (χ1v) is 13.1. The lowest BCUT2D eigenvalue weighted by Gasteiger charge is -2.34. The Labute approximate surface area is 224 Å². The van der Waals surface area contributed by atoms with Crippen molar-refractivity contribution < 1.29 is 18.7 Å². The Morgan fingerprint density at radius 2 is 2.18 bits per heavy atom. The van der Waals surface area contributed by atoms with Crippen molar-refractivity contribution in [3.8, 4) is 5.75 Å². The first kappa shape index (κ1) is 24.8. The van der Waals surface area contributed by atoms with Crippen LogP contribution in [0.4, 0.5) is 21.7 Å². The molecule has 3 atom stereocenters. The molecule has 38 heavy (non-hydrogen) atoms. The summed E-state index contributed by atoms with van der Waals surface area (Å²) in [4.78, 5) is 29.7. The molecule has 6 rings (SSSR count). The highest BCUT2D eigenvalue weighted by molar-refractivity contribution is 6.32. The highest BCUT2D eigenvalue weighted by Crippen LogP contribution is 2.37. The van der Waals surface area contributed by atoms with E-state index < -0.39 is 11.4 Å². The van der Waals surface area contributed by atoms with Crippen LogP contribution in [0.1, 0.15) is 26.2 Å². The molecule has 0 saturated carbocycles. The maximum atomic E-state index is 15.3. The predicted molar refractivity (Wildman–Crippen MR) is 143 cm³/mol. The maximum absolute atomic E-state index is 15.3. The van der Waals surface area contributed by atoms with Crippen LogP contribution in [0.3, 0.4) is 0 Å². The Morgan fingerprint density at radius 1 is 1.32 bits per heavy atom. The molecule has 3 saturated heterocycles. The molecule has 0 spiro atoms. The molecule has 3 aliphatic heterocycles. The van der Waals surface area contributed by atoms with Gasteiger partial charge in [0.05, 0.1) is 28.9 Å². The molecule has 3 aromatic rings. The Hall–Kier alpha value is -3.50.